The fourth-order valence-electron chi connectivity index (χ4n) is 3.55. The molecule has 1 amide bonds. The fourth-order valence-corrected chi connectivity index (χ4v) is 4.08. The van der Waals surface area contributed by atoms with Crippen LogP contribution in [0.4, 0.5) is 0 Å². The molecule has 0 spiro atoms. The summed E-state index contributed by atoms with van der Waals surface area (Å²) in [6, 6.07) is 19.2. The van der Waals surface area contributed by atoms with Crippen LogP contribution in [0.5, 0.6) is 0 Å². The molecule has 0 saturated heterocycles. The second kappa shape index (κ2) is 9.94. The number of hydrogen-bond acceptors (Lipinski definition) is 3. The number of nitrogens with zero attached hydrogens (tertiary/aromatic N) is 3. The van der Waals surface area contributed by atoms with Crippen LogP contribution in [0.15, 0.2) is 66.9 Å². The molecule has 31 heavy (non-hydrogen) atoms. The third-order valence-corrected chi connectivity index (χ3v) is 5.83. The molecule has 0 unspecified atom stereocenters. The third-order valence-electron chi connectivity index (χ3n) is 5.12. The number of benzene rings is 2. The van der Waals surface area contributed by atoms with E-state index in [2.05, 4.69) is 14.9 Å². The summed E-state index contributed by atoms with van der Waals surface area (Å²) >= 11 is 12.8. The number of nitrogens with one attached hydrogen (secondary N) is 1. The zero-order valence-electron chi connectivity index (χ0n) is 16.9. The summed E-state index contributed by atoms with van der Waals surface area (Å²) in [4.78, 5) is 21.5. The van der Waals surface area contributed by atoms with Gasteiger partial charge in [-0.25, -0.2) is 4.98 Å². The number of para-hydroxylation sites is 2. The van der Waals surface area contributed by atoms with Crippen LogP contribution in [-0.2, 0) is 24.2 Å². The molecular weight excluding hydrogens is 431 g/mol. The molecule has 0 radical (unpaired) electrons. The van der Waals surface area contributed by atoms with E-state index in [4.69, 9.17) is 28.2 Å². The van der Waals surface area contributed by atoms with Gasteiger partial charge in [-0.1, -0.05) is 47.5 Å². The van der Waals surface area contributed by atoms with Gasteiger partial charge in [0.25, 0.3) is 0 Å². The third kappa shape index (κ3) is 5.24. The zero-order valence-corrected chi connectivity index (χ0v) is 18.4. The van der Waals surface area contributed by atoms with Crippen LogP contribution in [0.1, 0.15) is 23.5 Å². The van der Waals surface area contributed by atoms with Crippen molar-refractivity contribution in [3.63, 3.8) is 0 Å². The van der Waals surface area contributed by atoms with E-state index in [-0.39, 0.29) is 5.91 Å². The van der Waals surface area contributed by atoms with Gasteiger partial charge < -0.3 is 9.88 Å². The number of halogens is 2. The highest BCUT2D eigenvalue weighted by Gasteiger charge is 2.15. The highest BCUT2D eigenvalue weighted by atomic mass is 35.5. The summed E-state index contributed by atoms with van der Waals surface area (Å²) in [5.74, 6) is 0.827. The molecule has 5 nitrogen and oxygen atoms in total. The van der Waals surface area contributed by atoms with Crippen LogP contribution in [-0.4, -0.2) is 27.0 Å². The predicted molar refractivity (Wildman–Crippen MR) is 125 cm³/mol. The average Bonchev–Trinajstić information content (AvgIpc) is 3.13. The summed E-state index contributed by atoms with van der Waals surface area (Å²) in [6.45, 7) is 1.08. The first kappa shape index (κ1) is 21.3. The van der Waals surface area contributed by atoms with E-state index < -0.39 is 0 Å². The molecule has 0 aliphatic rings. The van der Waals surface area contributed by atoms with Crippen LogP contribution < -0.4 is 5.32 Å². The number of amides is 1. The Hall–Kier alpha value is -2.89. The van der Waals surface area contributed by atoms with E-state index in [0.717, 1.165) is 28.1 Å². The number of carbonyl (C=O) groups is 1. The van der Waals surface area contributed by atoms with Crippen LogP contribution in [0.25, 0.3) is 11.0 Å². The Bertz CT molecular complexity index is 1170. The number of aromatic nitrogens is 3. The van der Waals surface area contributed by atoms with E-state index in [1.54, 1.807) is 6.20 Å². The smallest absolute Gasteiger partial charge is 0.221 e. The lowest BCUT2D eigenvalue weighted by Crippen LogP contribution is -2.27. The van der Waals surface area contributed by atoms with Crippen molar-refractivity contribution >= 4 is 40.1 Å². The summed E-state index contributed by atoms with van der Waals surface area (Å²) in [6.07, 6.45) is 3.31. The first-order valence-corrected chi connectivity index (χ1v) is 10.9. The second-order valence-corrected chi connectivity index (χ2v) is 8.03. The molecule has 0 fully saturated rings. The monoisotopic (exact) mass is 452 g/mol. The predicted octanol–water partition coefficient (Wildman–Crippen LogP) is 5.08. The molecule has 0 saturated carbocycles. The Morgan fingerprint density at radius 2 is 1.74 bits per heavy atom. The van der Waals surface area contributed by atoms with Crippen LogP contribution in [0.2, 0.25) is 10.0 Å². The van der Waals surface area contributed by atoms with Gasteiger partial charge in [0.1, 0.15) is 5.82 Å². The lowest BCUT2D eigenvalue weighted by Gasteiger charge is -2.11. The molecule has 2 aromatic carbocycles. The van der Waals surface area contributed by atoms with Gasteiger partial charge in [-0.2, -0.15) is 0 Å². The quantitative estimate of drug-likeness (QED) is 0.405. The van der Waals surface area contributed by atoms with E-state index in [1.165, 1.54) is 0 Å². The molecule has 0 atom stereocenters. The van der Waals surface area contributed by atoms with Crippen molar-refractivity contribution in [3.8, 4) is 0 Å². The molecule has 158 valence electrons. The van der Waals surface area contributed by atoms with Gasteiger partial charge >= 0.3 is 0 Å². The van der Waals surface area contributed by atoms with Gasteiger partial charge in [-0.3, -0.25) is 9.78 Å². The summed E-state index contributed by atoms with van der Waals surface area (Å²) in [5.41, 5.74) is 3.67. The number of carbonyl (C=O) groups excluding carboxylic acids is 1. The number of aryl methyl sites for hydroxylation is 1. The molecule has 4 aromatic rings. The van der Waals surface area contributed by atoms with Crippen LogP contribution >= 0.6 is 23.2 Å². The van der Waals surface area contributed by atoms with E-state index >= 15 is 0 Å². The average molecular weight is 453 g/mol. The summed E-state index contributed by atoms with van der Waals surface area (Å²) in [7, 11) is 0. The maximum absolute atomic E-state index is 12.4. The summed E-state index contributed by atoms with van der Waals surface area (Å²) in [5, 5.41) is 4.19. The molecule has 0 aliphatic carbocycles. The molecule has 4 rings (SSSR count). The van der Waals surface area contributed by atoms with Gasteiger partial charge in [0.2, 0.25) is 5.91 Å². The normalized spacial score (nSPS) is 11.0. The second-order valence-electron chi connectivity index (χ2n) is 7.22. The molecule has 2 heterocycles. The van der Waals surface area contributed by atoms with Crippen molar-refractivity contribution in [2.24, 2.45) is 0 Å². The van der Waals surface area contributed by atoms with Crippen molar-refractivity contribution < 1.29 is 4.79 Å². The standard InChI is InChI=1S/C24H22Cl2N4O/c25-19-7-5-8-20(26)18(19)16-23-29-21-9-1-2-10-22(21)30(23)15-12-24(31)28-14-11-17-6-3-4-13-27-17/h1-10,13H,11-12,14-16H2,(H,28,31). The largest absolute Gasteiger partial charge is 0.356 e. The minimum Gasteiger partial charge on any atom is -0.356 e. The molecule has 0 bridgehead atoms. The van der Waals surface area contributed by atoms with Crippen molar-refractivity contribution in [1.29, 1.82) is 0 Å². The van der Waals surface area contributed by atoms with Gasteiger partial charge in [0.15, 0.2) is 0 Å². The molecular formula is C24H22Cl2N4O. The first-order valence-electron chi connectivity index (χ1n) is 10.2. The highest BCUT2D eigenvalue weighted by Crippen LogP contribution is 2.28. The van der Waals surface area contributed by atoms with Gasteiger partial charge in [0.05, 0.1) is 11.0 Å². The maximum Gasteiger partial charge on any atom is 0.221 e. The van der Waals surface area contributed by atoms with Crippen LogP contribution in [0.3, 0.4) is 0 Å². The van der Waals surface area contributed by atoms with Crippen molar-refractivity contribution in [2.45, 2.75) is 25.8 Å². The minimum atomic E-state index is -0.00422. The molecule has 1 N–H and O–H groups in total. The Balaban J connectivity index is 1.46. The Morgan fingerprint density at radius 1 is 0.968 bits per heavy atom. The number of pyridine rings is 1. The number of rotatable bonds is 8. The Labute approximate surface area is 191 Å². The molecule has 0 aliphatic heterocycles. The lowest BCUT2D eigenvalue weighted by molar-refractivity contribution is -0.121. The summed E-state index contributed by atoms with van der Waals surface area (Å²) < 4.78 is 2.08. The van der Waals surface area contributed by atoms with Gasteiger partial charge in [-0.15, -0.1) is 0 Å². The van der Waals surface area contributed by atoms with Gasteiger partial charge in [-0.05, 0) is 42.0 Å². The number of imidazole rings is 1. The Kier molecular flexibility index (Phi) is 6.85. The van der Waals surface area contributed by atoms with E-state index in [1.807, 2.05) is 60.7 Å². The zero-order chi connectivity index (χ0) is 21.6. The minimum absolute atomic E-state index is 0.00422. The SMILES string of the molecule is O=C(CCn1c(Cc2c(Cl)cccc2Cl)nc2ccccc21)NCCc1ccccn1. The van der Waals surface area contributed by atoms with E-state index in [0.29, 0.717) is 42.4 Å². The lowest BCUT2D eigenvalue weighted by atomic mass is 10.1. The topological polar surface area (TPSA) is 59.8 Å². The van der Waals surface area contributed by atoms with Crippen LogP contribution in [0, 0.1) is 0 Å². The fraction of sp³-hybridized carbons (Fsp3) is 0.208. The Morgan fingerprint density at radius 3 is 2.52 bits per heavy atom. The van der Waals surface area contributed by atoms with Crippen molar-refractivity contribution in [1.82, 2.24) is 19.9 Å². The number of fused-ring (bicyclic) bond motifs is 1. The van der Waals surface area contributed by atoms with Gasteiger partial charge in [0, 0.05) is 54.3 Å². The number of hydrogen-bond donors (Lipinski definition) is 1. The maximum atomic E-state index is 12.4. The van der Waals surface area contributed by atoms with Crippen molar-refractivity contribution in [2.75, 3.05) is 6.54 Å². The molecule has 2 aromatic heterocycles. The first-order chi connectivity index (χ1) is 15.1. The van der Waals surface area contributed by atoms with E-state index in [9.17, 15) is 4.79 Å². The molecule has 7 heteroatoms. The van der Waals surface area contributed by atoms with Crippen molar-refractivity contribution in [3.05, 3.63) is 94.0 Å². The highest BCUT2D eigenvalue weighted by molar-refractivity contribution is 6.36.